The number of halogens is 1. The van der Waals surface area contributed by atoms with Crippen LogP contribution in [0.2, 0.25) is 0 Å². The fourth-order valence-electron chi connectivity index (χ4n) is 2.30. The SMILES string of the molecule is CCOc1cc(/C=C(\C#N)C(=O)Nc2ccccc2C)c(Br)cc1OC. The maximum atomic E-state index is 12.5. The smallest absolute Gasteiger partial charge is 0.266 e. The molecule has 0 unspecified atom stereocenters. The lowest BCUT2D eigenvalue weighted by molar-refractivity contribution is -0.112. The van der Waals surface area contributed by atoms with Gasteiger partial charge >= 0.3 is 0 Å². The summed E-state index contributed by atoms with van der Waals surface area (Å²) in [5.41, 5.74) is 2.22. The Bertz CT molecular complexity index is 885. The molecule has 0 aliphatic heterocycles. The van der Waals surface area contributed by atoms with E-state index in [9.17, 15) is 10.1 Å². The number of nitrogens with zero attached hydrogens (tertiary/aromatic N) is 1. The van der Waals surface area contributed by atoms with Crippen molar-refractivity contribution in [2.75, 3.05) is 19.0 Å². The van der Waals surface area contributed by atoms with Gasteiger partial charge in [0.2, 0.25) is 0 Å². The van der Waals surface area contributed by atoms with Crippen LogP contribution in [-0.4, -0.2) is 19.6 Å². The third-order valence-corrected chi connectivity index (χ3v) is 4.33. The molecule has 0 saturated heterocycles. The number of ether oxygens (including phenoxy) is 2. The van der Waals surface area contributed by atoms with Crippen LogP contribution < -0.4 is 14.8 Å². The summed E-state index contributed by atoms with van der Waals surface area (Å²) in [6.07, 6.45) is 1.51. The predicted molar refractivity (Wildman–Crippen MR) is 105 cm³/mol. The van der Waals surface area contributed by atoms with Crippen molar-refractivity contribution < 1.29 is 14.3 Å². The molecule has 0 bridgehead atoms. The molecule has 1 amide bonds. The van der Waals surface area contributed by atoms with E-state index >= 15 is 0 Å². The first-order chi connectivity index (χ1) is 12.5. The van der Waals surface area contributed by atoms with Crippen LogP contribution in [0, 0.1) is 18.3 Å². The fourth-order valence-corrected chi connectivity index (χ4v) is 2.73. The average Bonchev–Trinajstić information content (AvgIpc) is 2.63. The quantitative estimate of drug-likeness (QED) is 0.548. The summed E-state index contributed by atoms with van der Waals surface area (Å²) < 4.78 is 11.5. The molecule has 2 aromatic carbocycles. The zero-order chi connectivity index (χ0) is 19.1. The number of nitriles is 1. The molecular weight excluding hydrogens is 396 g/mol. The normalized spacial score (nSPS) is 10.8. The molecule has 6 heteroatoms. The molecule has 0 fully saturated rings. The summed E-state index contributed by atoms with van der Waals surface area (Å²) in [5, 5.41) is 12.2. The summed E-state index contributed by atoms with van der Waals surface area (Å²) in [6.45, 7) is 4.23. The van der Waals surface area contributed by atoms with Gasteiger partial charge in [0.1, 0.15) is 11.6 Å². The molecule has 1 N–H and O–H groups in total. The van der Waals surface area contributed by atoms with E-state index in [1.807, 2.05) is 38.1 Å². The van der Waals surface area contributed by atoms with Gasteiger partial charge in [-0.3, -0.25) is 4.79 Å². The zero-order valence-electron chi connectivity index (χ0n) is 14.8. The standard InChI is InChI=1S/C20H19BrN2O3/c1-4-26-19-10-14(16(21)11-18(19)25-3)9-15(12-22)20(24)23-17-8-6-5-7-13(17)2/h5-11H,4H2,1-3H3,(H,23,24)/b15-9+. The molecule has 134 valence electrons. The number of methoxy groups -OCH3 is 1. The molecule has 0 spiro atoms. The largest absolute Gasteiger partial charge is 0.493 e. The first-order valence-electron chi connectivity index (χ1n) is 7.99. The number of hydrogen-bond acceptors (Lipinski definition) is 4. The molecule has 2 rings (SSSR count). The maximum Gasteiger partial charge on any atom is 0.266 e. The average molecular weight is 415 g/mol. The van der Waals surface area contributed by atoms with Crippen LogP contribution in [0.3, 0.4) is 0 Å². The van der Waals surface area contributed by atoms with Crippen LogP contribution in [0.4, 0.5) is 5.69 Å². The minimum Gasteiger partial charge on any atom is -0.493 e. The molecule has 0 heterocycles. The third kappa shape index (κ3) is 4.64. The Morgan fingerprint density at radius 2 is 2.04 bits per heavy atom. The number of carbonyl (C=O) groups excluding carboxylic acids is 1. The van der Waals surface area contributed by atoms with E-state index in [1.54, 1.807) is 25.3 Å². The number of para-hydroxylation sites is 1. The minimum absolute atomic E-state index is 0.0124. The lowest BCUT2D eigenvalue weighted by atomic mass is 10.1. The highest BCUT2D eigenvalue weighted by Gasteiger charge is 2.14. The molecule has 0 aromatic heterocycles. The minimum atomic E-state index is -0.470. The van der Waals surface area contributed by atoms with Gasteiger partial charge in [0.05, 0.1) is 13.7 Å². The molecule has 0 radical (unpaired) electrons. The van der Waals surface area contributed by atoms with Gasteiger partial charge in [-0.2, -0.15) is 5.26 Å². The fraction of sp³-hybridized carbons (Fsp3) is 0.200. The highest BCUT2D eigenvalue weighted by Crippen LogP contribution is 2.34. The summed E-state index contributed by atoms with van der Waals surface area (Å²) in [7, 11) is 1.55. The second kappa shape index (κ2) is 9.07. The van der Waals surface area contributed by atoms with Gasteiger partial charge in [-0.1, -0.05) is 34.1 Å². The number of nitrogens with one attached hydrogen (secondary N) is 1. The van der Waals surface area contributed by atoms with Gasteiger partial charge in [0.15, 0.2) is 11.5 Å². The zero-order valence-corrected chi connectivity index (χ0v) is 16.4. The third-order valence-electron chi connectivity index (χ3n) is 3.64. The number of benzene rings is 2. The van der Waals surface area contributed by atoms with E-state index in [0.29, 0.717) is 33.8 Å². The van der Waals surface area contributed by atoms with E-state index < -0.39 is 5.91 Å². The summed E-state index contributed by atoms with van der Waals surface area (Å²) >= 11 is 3.44. The van der Waals surface area contributed by atoms with Gasteiger partial charge < -0.3 is 14.8 Å². The lowest BCUT2D eigenvalue weighted by Gasteiger charge is -2.12. The first kappa shape index (κ1) is 19.5. The summed E-state index contributed by atoms with van der Waals surface area (Å²) in [5.74, 6) is 0.641. The molecule has 26 heavy (non-hydrogen) atoms. The van der Waals surface area contributed by atoms with Crippen molar-refractivity contribution in [2.45, 2.75) is 13.8 Å². The maximum absolute atomic E-state index is 12.5. The van der Waals surface area contributed by atoms with Crippen LogP contribution in [0.25, 0.3) is 6.08 Å². The van der Waals surface area contributed by atoms with Gasteiger partial charge in [-0.15, -0.1) is 0 Å². The Labute approximate surface area is 161 Å². The molecule has 2 aromatic rings. The van der Waals surface area contributed by atoms with Crippen molar-refractivity contribution in [3.8, 4) is 17.6 Å². The van der Waals surface area contributed by atoms with E-state index in [4.69, 9.17) is 9.47 Å². The molecular formula is C20H19BrN2O3. The van der Waals surface area contributed by atoms with Crippen molar-refractivity contribution in [1.82, 2.24) is 0 Å². The molecule has 0 atom stereocenters. The van der Waals surface area contributed by atoms with E-state index in [0.717, 1.165) is 5.56 Å². The van der Waals surface area contributed by atoms with Crippen molar-refractivity contribution >= 4 is 33.6 Å². The summed E-state index contributed by atoms with van der Waals surface area (Å²) in [4.78, 5) is 12.5. The van der Waals surface area contributed by atoms with Crippen LogP contribution in [0.15, 0.2) is 46.4 Å². The van der Waals surface area contributed by atoms with E-state index in [1.165, 1.54) is 6.08 Å². The van der Waals surface area contributed by atoms with Crippen LogP contribution in [0.5, 0.6) is 11.5 Å². The van der Waals surface area contributed by atoms with Crippen LogP contribution >= 0.6 is 15.9 Å². The van der Waals surface area contributed by atoms with E-state index in [2.05, 4.69) is 21.2 Å². The van der Waals surface area contributed by atoms with Gasteiger partial charge in [-0.25, -0.2) is 0 Å². The Morgan fingerprint density at radius 3 is 2.65 bits per heavy atom. The Balaban J connectivity index is 2.36. The molecule has 0 aliphatic carbocycles. The molecule has 0 saturated carbocycles. The van der Waals surface area contributed by atoms with Crippen molar-refractivity contribution in [3.63, 3.8) is 0 Å². The van der Waals surface area contributed by atoms with Gasteiger partial charge in [0.25, 0.3) is 5.91 Å². The monoisotopic (exact) mass is 414 g/mol. The van der Waals surface area contributed by atoms with Crippen molar-refractivity contribution in [1.29, 1.82) is 5.26 Å². The number of rotatable bonds is 6. The molecule has 5 nitrogen and oxygen atoms in total. The first-order valence-corrected chi connectivity index (χ1v) is 8.78. The number of carbonyl (C=O) groups is 1. The topological polar surface area (TPSA) is 71.3 Å². The Hall–Kier alpha value is -2.78. The highest BCUT2D eigenvalue weighted by atomic mass is 79.9. The Kier molecular flexibility index (Phi) is 6.81. The van der Waals surface area contributed by atoms with Crippen molar-refractivity contribution in [3.05, 3.63) is 57.6 Å². The lowest BCUT2D eigenvalue weighted by Crippen LogP contribution is -2.14. The van der Waals surface area contributed by atoms with Crippen LogP contribution in [-0.2, 0) is 4.79 Å². The Morgan fingerprint density at radius 1 is 1.31 bits per heavy atom. The second-order valence-electron chi connectivity index (χ2n) is 5.40. The van der Waals surface area contributed by atoms with Gasteiger partial charge in [0, 0.05) is 10.2 Å². The number of hydrogen-bond donors (Lipinski definition) is 1. The number of anilines is 1. The number of aryl methyl sites for hydroxylation is 1. The highest BCUT2D eigenvalue weighted by molar-refractivity contribution is 9.10. The molecule has 0 aliphatic rings. The second-order valence-corrected chi connectivity index (χ2v) is 6.25. The summed E-state index contributed by atoms with van der Waals surface area (Å²) in [6, 6.07) is 12.8. The number of amides is 1. The predicted octanol–water partition coefficient (Wildman–Crippen LogP) is 4.71. The van der Waals surface area contributed by atoms with Crippen LogP contribution in [0.1, 0.15) is 18.1 Å². The van der Waals surface area contributed by atoms with Gasteiger partial charge in [-0.05, 0) is 49.2 Å². The van der Waals surface area contributed by atoms with Crippen molar-refractivity contribution in [2.24, 2.45) is 0 Å². The van der Waals surface area contributed by atoms with E-state index in [-0.39, 0.29) is 5.57 Å².